The highest BCUT2D eigenvalue weighted by atomic mass is 32.2. The van der Waals surface area contributed by atoms with Crippen LogP contribution in [0.4, 0.5) is 11.4 Å². The number of rotatable bonds is 3. The standard InChI is InChI=1S/C27H22N2O4S/c1-16-6-5-7-17(2)27(16)29-19-11-13-21-24(15-19)33-23-14-18(28)10-12-20(23)26(21)22-8-3-4-9-25(22)34(30,31)32/h3-15H,28H2,1-2H3,(H,30,31,32)/p+1. The van der Waals surface area contributed by atoms with Gasteiger partial charge in [-0.25, -0.2) is 4.99 Å². The van der Waals surface area contributed by atoms with E-state index in [4.69, 9.17) is 10.2 Å². The van der Waals surface area contributed by atoms with Crippen LogP contribution in [0.2, 0.25) is 0 Å². The lowest BCUT2D eigenvalue weighted by Crippen LogP contribution is -2.71. The fourth-order valence-corrected chi connectivity index (χ4v) is 5.03. The normalized spacial score (nSPS) is 12.5. The van der Waals surface area contributed by atoms with Crippen molar-refractivity contribution in [3.05, 3.63) is 95.3 Å². The van der Waals surface area contributed by atoms with Crippen LogP contribution in [-0.2, 0) is 10.1 Å². The Kier molecular flexibility index (Phi) is 5.23. The lowest BCUT2D eigenvalue weighted by molar-refractivity contribution is -0.403. The van der Waals surface area contributed by atoms with E-state index in [1.807, 2.05) is 50.2 Å². The molecule has 1 aliphatic carbocycles. The van der Waals surface area contributed by atoms with Crippen molar-refractivity contribution in [2.45, 2.75) is 18.7 Å². The minimum atomic E-state index is -4.45. The van der Waals surface area contributed by atoms with Gasteiger partial charge in [-0.1, -0.05) is 36.4 Å². The summed E-state index contributed by atoms with van der Waals surface area (Å²) in [5.74, 6) is 0.550. The Morgan fingerprint density at radius 2 is 1.59 bits per heavy atom. The fraction of sp³-hybridized carbons (Fsp3) is 0.0741. The number of nitrogens with one attached hydrogen (secondary N) is 1. The van der Waals surface area contributed by atoms with E-state index < -0.39 is 10.1 Å². The molecule has 34 heavy (non-hydrogen) atoms. The molecule has 4 N–H and O–H groups in total. The lowest BCUT2D eigenvalue weighted by atomic mass is 9.93. The maximum Gasteiger partial charge on any atom is 0.295 e. The highest BCUT2D eigenvalue weighted by Crippen LogP contribution is 2.42. The quantitative estimate of drug-likeness (QED) is 0.210. The zero-order valence-corrected chi connectivity index (χ0v) is 19.5. The largest absolute Gasteiger partial charge is 0.456 e. The Labute approximate surface area is 197 Å². The Morgan fingerprint density at radius 3 is 2.32 bits per heavy atom. The first-order valence-corrected chi connectivity index (χ1v) is 12.2. The van der Waals surface area contributed by atoms with Crippen LogP contribution < -0.4 is 16.1 Å². The van der Waals surface area contributed by atoms with Gasteiger partial charge in [-0.05, 0) is 38.1 Å². The third-order valence-electron chi connectivity index (χ3n) is 5.93. The molecule has 0 spiro atoms. The van der Waals surface area contributed by atoms with Gasteiger partial charge in [0.1, 0.15) is 16.2 Å². The predicted octanol–water partition coefficient (Wildman–Crippen LogP) is 3.96. The van der Waals surface area contributed by atoms with Gasteiger partial charge in [-0.2, -0.15) is 8.42 Å². The number of benzene rings is 4. The highest BCUT2D eigenvalue weighted by Gasteiger charge is 2.23. The second-order valence-electron chi connectivity index (χ2n) is 8.31. The second kappa shape index (κ2) is 8.13. The molecule has 3 aromatic carbocycles. The van der Waals surface area contributed by atoms with Gasteiger partial charge in [0.2, 0.25) is 11.0 Å². The number of para-hydroxylation sites is 1. The van der Waals surface area contributed by atoms with Crippen molar-refractivity contribution in [3.63, 3.8) is 0 Å². The molecule has 0 aromatic heterocycles. The summed E-state index contributed by atoms with van der Waals surface area (Å²) >= 11 is 0. The van der Waals surface area contributed by atoms with E-state index in [1.54, 1.807) is 36.4 Å². The summed E-state index contributed by atoms with van der Waals surface area (Å²) in [5, 5.41) is 1.51. The summed E-state index contributed by atoms with van der Waals surface area (Å²) in [6.45, 7) is 4.09. The minimum Gasteiger partial charge on any atom is -0.456 e. The Morgan fingerprint density at radius 1 is 0.853 bits per heavy atom. The monoisotopic (exact) mass is 471 g/mol. The maximum absolute atomic E-state index is 12.2. The molecule has 1 aliphatic heterocycles. The minimum absolute atomic E-state index is 0.168. The van der Waals surface area contributed by atoms with E-state index in [-0.39, 0.29) is 4.90 Å². The number of hydrogen-bond acceptors (Lipinski definition) is 4. The molecule has 0 unspecified atom stereocenters. The van der Waals surface area contributed by atoms with Crippen LogP contribution >= 0.6 is 0 Å². The lowest BCUT2D eigenvalue weighted by Gasteiger charge is -2.16. The second-order valence-corrected chi connectivity index (χ2v) is 9.70. The Hall–Kier alpha value is -3.94. The van der Waals surface area contributed by atoms with Crippen molar-refractivity contribution in [2.24, 2.45) is 0 Å². The molecule has 1 heterocycles. The molecule has 2 aliphatic rings. The third kappa shape index (κ3) is 3.85. The average molecular weight is 472 g/mol. The molecule has 0 radical (unpaired) electrons. The van der Waals surface area contributed by atoms with E-state index in [0.29, 0.717) is 39.1 Å². The van der Waals surface area contributed by atoms with Crippen molar-refractivity contribution in [1.82, 2.24) is 0 Å². The smallest absolute Gasteiger partial charge is 0.295 e. The molecule has 7 heteroatoms. The van der Waals surface area contributed by atoms with Crippen LogP contribution in [0.25, 0.3) is 33.4 Å². The molecule has 0 amide bonds. The SMILES string of the molecule is Cc1cccc(C)c1[NH+]=c1ccc2c(-c3ccccc3S(=O)(=O)O)c3ccc(N)cc3oc-2c1. The fourth-order valence-electron chi connectivity index (χ4n) is 4.33. The summed E-state index contributed by atoms with van der Waals surface area (Å²) in [7, 11) is -4.45. The first-order valence-electron chi connectivity index (χ1n) is 10.7. The number of fused-ring (bicyclic) bond motifs is 2. The van der Waals surface area contributed by atoms with Crippen LogP contribution in [0, 0.1) is 13.8 Å². The van der Waals surface area contributed by atoms with Crippen LogP contribution in [0.15, 0.2) is 88.2 Å². The molecular formula is C27H23N2O4S+. The van der Waals surface area contributed by atoms with Crippen molar-refractivity contribution in [2.75, 3.05) is 5.73 Å². The van der Waals surface area contributed by atoms with Gasteiger partial charge >= 0.3 is 0 Å². The topological polar surface area (TPSA) is 108 Å². The first kappa shape index (κ1) is 21.9. The van der Waals surface area contributed by atoms with Gasteiger partial charge < -0.3 is 10.2 Å². The van der Waals surface area contributed by atoms with Crippen LogP contribution in [0.1, 0.15) is 11.1 Å². The zero-order valence-electron chi connectivity index (χ0n) is 18.7. The summed E-state index contributed by atoms with van der Waals surface area (Å²) in [6.07, 6.45) is 0. The first-order chi connectivity index (χ1) is 16.2. The average Bonchev–Trinajstić information content (AvgIpc) is 2.79. The molecule has 0 saturated heterocycles. The molecule has 0 fully saturated rings. The molecule has 5 rings (SSSR count). The Balaban J connectivity index is 1.87. The van der Waals surface area contributed by atoms with Crippen molar-refractivity contribution < 1.29 is 22.4 Å². The van der Waals surface area contributed by atoms with Crippen molar-refractivity contribution in [3.8, 4) is 22.5 Å². The van der Waals surface area contributed by atoms with Gasteiger partial charge in [0, 0.05) is 51.0 Å². The third-order valence-corrected chi connectivity index (χ3v) is 6.84. The number of anilines is 1. The summed E-state index contributed by atoms with van der Waals surface area (Å²) in [4.78, 5) is 3.30. The predicted molar refractivity (Wildman–Crippen MR) is 132 cm³/mol. The summed E-state index contributed by atoms with van der Waals surface area (Å²) in [5.41, 5.74) is 12.0. The van der Waals surface area contributed by atoms with Crippen molar-refractivity contribution in [1.29, 1.82) is 0 Å². The van der Waals surface area contributed by atoms with Crippen LogP contribution in [-0.4, -0.2) is 13.0 Å². The molecule has 0 saturated carbocycles. The van der Waals surface area contributed by atoms with E-state index in [1.165, 1.54) is 6.07 Å². The van der Waals surface area contributed by atoms with Gasteiger partial charge in [0.15, 0.2) is 0 Å². The summed E-state index contributed by atoms with van der Waals surface area (Å²) < 4.78 is 40.5. The summed E-state index contributed by atoms with van der Waals surface area (Å²) in [6, 6.07) is 23.4. The van der Waals surface area contributed by atoms with Gasteiger partial charge in [-0.15, -0.1) is 0 Å². The number of hydrogen-bond donors (Lipinski definition) is 3. The molecular weight excluding hydrogens is 448 g/mol. The van der Waals surface area contributed by atoms with Crippen LogP contribution in [0.5, 0.6) is 0 Å². The highest BCUT2D eigenvalue weighted by molar-refractivity contribution is 7.86. The maximum atomic E-state index is 12.2. The molecule has 170 valence electrons. The van der Waals surface area contributed by atoms with Gasteiger partial charge in [-0.3, -0.25) is 4.55 Å². The van der Waals surface area contributed by atoms with Crippen molar-refractivity contribution >= 4 is 32.5 Å². The molecule has 0 atom stereocenters. The van der Waals surface area contributed by atoms with Gasteiger partial charge in [0.05, 0.1) is 6.07 Å². The van der Waals surface area contributed by atoms with Crippen LogP contribution in [0.3, 0.4) is 0 Å². The van der Waals surface area contributed by atoms with E-state index in [0.717, 1.165) is 22.2 Å². The Bertz CT molecular complexity index is 1700. The zero-order chi connectivity index (χ0) is 24.0. The van der Waals surface area contributed by atoms with E-state index in [2.05, 4.69) is 4.99 Å². The van der Waals surface area contributed by atoms with Gasteiger partial charge in [0.25, 0.3) is 10.1 Å². The molecule has 3 aromatic rings. The van der Waals surface area contributed by atoms with E-state index in [9.17, 15) is 13.0 Å². The molecule has 6 nitrogen and oxygen atoms in total. The van der Waals surface area contributed by atoms with E-state index >= 15 is 0 Å². The number of aryl methyl sites for hydroxylation is 2. The number of nitrogens with two attached hydrogens (primary N) is 1. The number of nitrogen functional groups attached to an aromatic ring is 1. The molecule has 0 bridgehead atoms.